The van der Waals surface area contributed by atoms with Gasteiger partial charge in [0.15, 0.2) is 6.61 Å². The number of hydrogen-bond donors (Lipinski definition) is 2. The van der Waals surface area contributed by atoms with Crippen LogP contribution in [0.3, 0.4) is 0 Å². The van der Waals surface area contributed by atoms with Gasteiger partial charge in [0.05, 0.1) is 28.2 Å². The molecule has 0 aliphatic rings. The van der Waals surface area contributed by atoms with Crippen molar-refractivity contribution in [3.05, 3.63) is 87.9 Å². The van der Waals surface area contributed by atoms with Crippen molar-refractivity contribution >= 4 is 33.3 Å². The highest BCUT2D eigenvalue weighted by molar-refractivity contribution is 7.89. The van der Waals surface area contributed by atoms with E-state index < -0.39 is 33.4 Å². The van der Waals surface area contributed by atoms with Crippen molar-refractivity contribution in [2.45, 2.75) is 18.4 Å². The van der Waals surface area contributed by atoms with E-state index in [2.05, 4.69) is 10.0 Å². The first kappa shape index (κ1) is 23.6. The molecule has 33 heavy (non-hydrogen) atoms. The molecule has 0 spiro atoms. The predicted molar refractivity (Wildman–Crippen MR) is 116 cm³/mol. The number of sulfonamides is 1. The third-order valence-corrected chi connectivity index (χ3v) is 5.86. The van der Waals surface area contributed by atoms with Gasteiger partial charge in [0.1, 0.15) is 5.76 Å². The number of nitro benzene ring substituents is 1. The maximum Gasteiger partial charge on any atom is 0.338 e. The van der Waals surface area contributed by atoms with Crippen LogP contribution in [-0.2, 0) is 26.1 Å². The summed E-state index contributed by atoms with van der Waals surface area (Å²) in [6.07, 6.45) is 1.43. The molecule has 0 radical (unpaired) electrons. The number of hydrogen-bond acceptors (Lipinski definition) is 8. The van der Waals surface area contributed by atoms with E-state index in [1.807, 2.05) is 0 Å². The molecule has 0 unspecified atom stereocenters. The van der Waals surface area contributed by atoms with E-state index in [1.54, 1.807) is 19.1 Å². The second-order valence-electron chi connectivity index (χ2n) is 6.81. The van der Waals surface area contributed by atoms with Gasteiger partial charge in [-0.25, -0.2) is 17.9 Å². The maximum atomic E-state index is 12.3. The Morgan fingerprint density at radius 2 is 1.85 bits per heavy atom. The van der Waals surface area contributed by atoms with Crippen molar-refractivity contribution in [1.29, 1.82) is 0 Å². The number of amides is 1. The SMILES string of the molecule is Cc1ccc(NC(=O)COC(=O)c2ccc(S(=O)(=O)NCc3ccco3)cc2)cc1[N+](=O)[O-]. The molecular formula is C21H19N3O8S. The number of carbonyl (C=O) groups excluding carboxylic acids is 2. The molecule has 2 aromatic carbocycles. The number of carbonyl (C=O) groups is 2. The molecule has 0 fully saturated rings. The summed E-state index contributed by atoms with van der Waals surface area (Å²) in [6.45, 7) is 0.904. The number of benzene rings is 2. The number of nitro groups is 1. The average molecular weight is 473 g/mol. The molecule has 1 aromatic heterocycles. The minimum Gasteiger partial charge on any atom is -0.468 e. The Labute approximate surface area is 188 Å². The van der Waals surface area contributed by atoms with E-state index in [1.165, 1.54) is 48.7 Å². The molecule has 0 saturated heterocycles. The fourth-order valence-electron chi connectivity index (χ4n) is 2.73. The summed E-state index contributed by atoms with van der Waals surface area (Å²) in [4.78, 5) is 34.5. The van der Waals surface area contributed by atoms with Gasteiger partial charge < -0.3 is 14.5 Å². The molecule has 1 amide bonds. The smallest absolute Gasteiger partial charge is 0.338 e. The average Bonchev–Trinajstić information content (AvgIpc) is 3.31. The lowest BCUT2D eigenvalue weighted by atomic mass is 10.2. The Balaban J connectivity index is 1.54. The van der Waals surface area contributed by atoms with Crippen LogP contribution in [0.5, 0.6) is 0 Å². The number of nitrogens with one attached hydrogen (secondary N) is 2. The lowest BCUT2D eigenvalue weighted by Crippen LogP contribution is -2.23. The molecule has 0 atom stereocenters. The zero-order valence-electron chi connectivity index (χ0n) is 17.3. The van der Waals surface area contributed by atoms with Crippen molar-refractivity contribution in [1.82, 2.24) is 4.72 Å². The lowest BCUT2D eigenvalue weighted by Gasteiger charge is -2.08. The molecule has 2 N–H and O–H groups in total. The molecule has 3 rings (SSSR count). The second kappa shape index (κ2) is 10.1. The number of anilines is 1. The summed E-state index contributed by atoms with van der Waals surface area (Å²) in [5, 5.41) is 13.4. The molecule has 0 bridgehead atoms. The first-order valence-corrected chi connectivity index (χ1v) is 11.0. The Hall–Kier alpha value is -4.03. The summed E-state index contributed by atoms with van der Waals surface area (Å²) >= 11 is 0. The van der Waals surface area contributed by atoms with Crippen molar-refractivity contribution < 1.29 is 32.1 Å². The second-order valence-corrected chi connectivity index (χ2v) is 8.58. The fraction of sp³-hybridized carbons (Fsp3) is 0.143. The molecule has 0 aliphatic heterocycles. The molecular weight excluding hydrogens is 454 g/mol. The molecule has 3 aromatic rings. The quantitative estimate of drug-likeness (QED) is 0.273. The van der Waals surface area contributed by atoms with Crippen LogP contribution in [0.2, 0.25) is 0 Å². The molecule has 0 saturated carbocycles. The topological polar surface area (TPSA) is 158 Å². The van der Waals surface area contributed by atoms with E-state index in [9.17, 15) is 28.1 Å². The van der Waals surface area contributed by atoms with E-state index in [4.69, 9.17) is 9.15 Å². The number of aryl methyl sites for hydroxylation is 1. The van der Waals surface area contributed by atoms with E-state index in [-0.39, 0.29) is 28.4 Å². The third-order valence-electron chi connectivity index (χ3n) is 4.44. The molecule has 1 heterocycles. The highest BCUT2D eigenvalue weighted by atomic mass is 32.2. The van der Waals surface area contributed by atoms with Gasteiger partial charge in [-0.15, -0.1) is 0 Å². The minimum atomic E-state index is -3.83. The normalized spacial score (nSPS) is 11.1. The number of ether oxygens (including phenoxy) is 1. The summed E-state index contributed by atoms with van der Waals surface area (Å²) in [6, 6.07) is 12.4. The van der Waals surface area contributed by atoms with Gasteiger partial charge in [0.25, 0.3) is 11.6 Å². The zero-order valence-corrected chi connectivity index (χ0v) is 18.1. The predicted octanol–water partition coefficient (Wildman–Crippen LogP) is 2.77. The standard InChI is InChI=1S/C21H19N3O8S/c1-14-4-7-16(11-19(14)24(27)28)23-20(25)13-32-21(26)15-5-8-18(9-6-15)33(29,30)22-12-17-3-2-10-31-17/h2-11,22H,12-13H2,1H3,(H,23,25). The van der Waals surface area contributed by atoms with Crippen LogP contribution < -0.4 is 10.0 Å². The van der Waals surface area contributed by atoms with Gasteiger partial charge >= 0.3 is 5.97 Å². The highest BCUT2D eigenvalue weighted by Gasteiger charge is 2.17. The van der Waals surface area contributed by atoms with Gasteiger partial charge in [0, 0.05) is 17.3 Å². The summed E-state index contributed by atoms with van der Waals surface area (Å²) in [5.41, 5.74) is 0.508. The summed E-state index contributed by atoms with van der Waals surface area (Å²) in [7, 11) is -3.83. The van der Waals surface area contributed by atoms with Gasteiger partial charge in [-0.1, -0.05) is 6.07 Å². The van der Waals surface area contributed by atoms with Crippen LogP contribution in [0.1, 0.15) is 21.7 Å². The third kappa shape index (κ3) is 6.24. The minimum absolute atomic E-state index is 0.0294. The lowest BCUT2D eigenvalue weighted by molar-refractivity contribution is -0.385. The monoisotopic (exact) mass is 473 g/mol. The fourth-order valence-corrected chi connectivity index (χ4v) is 3.72. The maximum absolute atomic E-state index is 12.3. The largest absolute Gasteiger partial charge is 0.468 e. The number of nitrogens with zero attached hydrogens (tertiary/aromatic N) is 1. The van der Waals surface area contributed by atoms with Crippen LogP contribution >= 0.6 is 0 Å². The van der Waals surface area contributed by atoms with Crippen LogP contribution in [0.15, 0.2) is 70.2 Å². The Morgan fingerprint density at radius 1 is 1.12 bits per heavy atom. The first-order valence-electron chi connectivity index (χ1n) is 9.50. The van der Waals surface area contributed by atoms with Crippen molar-refractivity contribution in [3.63, 3.8) is 0 Å². The number of esters is 1. The van der Waals surface area contributed by atoms with Crippen molar-refractivity contribution in [3.8, 4) is 0 Å². The van der Waals surface area contributed by atoms with E-state index in [0.717, 1.165) is 0 Å². The number of furan rings is 1. The molecule has 11 nitrogen and oxygen atoms in total. The number of rotatable bonds is 9. The van der Waals surface area contributed by atoms with Gasteiger partial charge in [-0.05, 0) is 49.4 Å². The summed E-state index contributed by atoms with van der Waals surface area (Å²) in [5.74, 6) is -1.09. The van der Waals surface area contributed by atoms with Crippen molar-refractivity contribution in [2.75, 3.05) is 11.9 Å². The van der Waals surface area contributed by atoms with E-state index >= 15 is 0 Å². The Bertz CT molecular complexity index is 1270. The van der Waals surface area contributed by atoms with Crippen LogP contribution in [-0.4, -0.2) is 31.8 Å². The van der Waals surface area contributed by atoms with Gasteiger partial charge in [0.2, 0.25) is 10.0 Å². The Kier molecular flexibility index (Phi) is 7.20. The van der Waals surface area contributed by atoms with Crippen LogP contribution in [0, 0.1) is 17.0 Å². The highest BCUT2D eigenvalue weighted by Crippen LogP contribution is 2.22. The first-order chi connectivity index (χ1) is 15.7. The molecule has 172 valence electrons. The van der Waals surface area contributed by atoms with Crippen LogP contribution in [0.25, 0.3) is 0 Å². The van der Waals surface area contributed by atoms with Gasteiger partial charge in [-0.2, -0.15) is 0 Å². The summed E-state index contributed by atoms with van der Waals surface area (Å²) < 4.78 is 37.0. The molecule has 12 heteroatoms. The van der Waals surface area contributed by atoms with Crippen molar-refractivity contribution in [2.24, 2.45) is 0 Å². The van der Waals surface area contributed by atoms with Gasteiger partial charge in [-0.3, -0.25) is 14.9 Å². The Morgan fingerprint density at radius 3 is 2.48 bits per heavy atom. The van der Waals surface area contributed by atoms with Crippen LogP contribution in [0.4, 0.5) is 11.4 Å². The zero-order chi connectivity index (χ0) is 24.0. The van der Waals surface area contributed by atoms with E-state index in [0.29, 0.717) is 11.3 Å². The molecule has 0 aliphatic carbocycles.